The molecule has 5 nitrogen and oxygen atoms in total. The predicted octanol–water partition coefficient (Wildman–Crippen LogP) is 3.16. The number of nitrogens with zero attached hydrogens (tertiary/aromatic N) is 4. The summed E-state index contributed by atoms with van der Waals surface area (Å²) in [5.41, 5.74) is 2.33. The minimum atomic E-state index is -0.299. The van der Waals surface area contributed by atoms with Crippen LogP contribution in [-0.2, 0) is 0 Å². The summed E-state index contributed by atoms with van der Waals surface area (Å²) >= 11 is 6.12. The molecule has 0 radical (unpaired) electrons. The van der Waals surface area contributed by atoms with Gasteiger partial charge in [-0.15, -0.1) is 0 Å². The van der Waals surface area contributed by atoms with E-state index in [4.69, 9.17) is 11.6 Å². The number of nitriles is 1. The van der Waals surface area contributed by atoms with Crippen LogP contribution in [0.1, 0.15) is 5.56 Å². The maximum atomic E-state index is 12.9. The van der Waals surface area contributed by atoms with Crippen LogP contribution in [0.25, 0.3) is 22.4 Å². The van der Waals surface area contributed by atoms with Crippen LogP contribution in [0.5, 0.6) is 0 Å². The van der Waals surface area contributed by atoms with E-state index in [9.17, 15) is 10.1 Å². The van der Waals surface area contributed by atoms with Crippen molar-refractivity contribution >= 4 is 28.3 Å². The molecule has 2 heterocycles. The van der Waals surface area contributed by atoms with Crippen LogP contribution in [0.15, 0.2) is 59.7 Å². The van der Waals surface area contributed by atoms with Gasteiger partial charge in [0, 0.05) is 17.4 Å². The first kappa shape index (κ1) is 13.6. The summed E-state index contributed by atoms with van der Waals surface area (Å²) in [6.07, 6.45) is 3.30. The first-order valence-corrected chi connectivity index (χ1v) is 7.25. The summed E-state index contributed by atoms with van der Waals surface area (Å²) < 4.78 is 3.21. The predicted molar refractivity (Wildman–Crippen MR) is 88.0 cm³/mol. The van der Waals surface area contributed by atoms with Crippen molar-refractivity contribution in [1.82, 2.24) is 14.0 Å². The topological polar surface area (TPSA) is 63.1 Å². The van der Waals surface area contributed by atoms with Crippen molar-refractivity contribution in [3.63, 3.8) is 0 Å². The van der Waals surface area contributed by atoms with Crippen molar-refractivity contribution in [2.75, 3.05) is 0 Å². The second kappa shape index (κ2) is 4.97. The molecule has 0 N–H and O–H groups in total. The van der Waals surface area contributed by atoms with E-state index in [1.165, 1.54) is 4.57 Å². The van der Waals surface area contributed by atoms with Gasteiger partial charge < -0.3 is 0 Å². The first-order chi connectivity index (χ1) is 11.2. The van der Waals surface area contributed by atoms with Gasteiger partial charge in [0.15, 0.2) is 0 Å². The van der Waals surface area contributed by atoms with E-state index in [2.05, 4.69) is 11.1 Å². The lowest BCUT2D eigenvalue weighted by Gasteiger charge is -2.13. The second-order valence-electron chi connectivity index (χ2n) is 5.02. The van der Waals surface area contributed by atoms with Gasteiger partial charge in [-0.3, -0.25) is 13.8 Å². The smallest absolute Gasteiger partial charge is 0.294 e. The van der Waals surface area contributed by atoms with Crippen LogP contribution in [0, 0.1) is 11.3 Å². The lowest BCUT2D eigenvalue weighted by atomic mass is 10.1. The summed E-state index contributed by atoms with van der Waals surface area (Å²) in [5, 5.41) is 9.87. The number of rotatable bonds is 1. The fourth-order valence-electron chi connectivity index (χ4n) is 2.75. The number of aromatic nitrogens is 3. The highest BCUT2D eigenvalue weighted by atomic mass is 35.5. The van der Waals surface area contributed by atoms with Crippen molar-refractivity contribution in [2.24, 2.45) is 0 Å². The maximum absolute atomic E-state index is 12.9. The van der Waals surface area contributed by atoms with Crippen molar-refractivity contribution in [3.05, 3.63) is 75.8 Å². The van der Waals surface area contributed by atoms with Crippen LogP contribution < -0.4 is 5.56 Å². The van der Waals surface area contributed by atoms with E-state index in [0.717, 1.165) is 5.52 Å². The molecule has 0 fully saturated rings. The van der Waals surface area contributed by atoms with Gasteiger partial charge in [0.05, 0.1) is 22.3 Å². The highest BCUT2D eigenvalue weighted by Gasteiger charge is 2.15. The van der Waals surface area contributed by atoms with Gasteiger partial charge in [0.1, 0.15) is 6.07 Å². The molecule has 0 bridgehead atoms. The number of benzene rings is 2. The maximum Gasteiger partial charge on any atom is 0.299 e. The molecule has 0 spiro atoms. The van der Waals surface area contributed by atoms with E-state index in [1.54, 1.807) is 53.2 Å². The molecule has 4 rings (SSSR count). The largest absolute Gasteiger partial charge is 0.299 e. The average Bonchev–Trinajstić information content (AvgIpc) is 3.05. The zero-order valence-corrected chi connectivity index (χ0v) is 12.5. The van der Waals surface area contributed by atoms with E-state index in [0.29, 0.717) is 27.4 Å². The van der Waals surface area contributed by atoms with Gasteiger partial charge in [0.25, 0.3) is 5.56 Å². The number of halogens is 1. The van der Waals surface area contributed by atoms with E-state index in [1.807, 2.05) is 6.07 Å². The van der Waals surface area contributed by atoms with Crippen LogP contribution in [0.4, 0.5) is 0 Å². The van der Waals surface area contributed by atoms with Gasteiger partial charge in [-0.25, -0.2) is 4.98 Å². The standard InChI is InChI=1S/C17H9ClN4O/c18-12-5-6-14-15(9-12)22(13-4-2-1-3-11(13)10-19)17(23)16-20-7-8-21(14)16/h1-9H. The Morgan fingerprint density at radius 2 is 1.96 bits per heavy atom. The molecule has 110 valence electrons. The lowest BCUT2D eigenvalue weighted by molar-refractivity contribution is 1.01. The van der Waals surface area contributed by atoms with Crippen molar-refractivity contribution in [1.29, 1.82) is 5.26 Å². The Labute approximate surface area is 135 Å². The number of hydrogen-bond acceptors (Lipinski definition) is 3. The number of fused-ring (bicyclic) bond motifs is 3. The molecule has 2 aromatic carbocycles. The molecular weight excluding hydrogens is 312 g/mol. The lowest BCUT2D eigenvalue weighted by Crippen LogP contribution is -2.22. The molecule has 0 amide bonds. The fourth-order valence-corrected chi connectivity index (χ4v) is 2.91. The molecule has 0 aliphatic rings. The van der Waals surface area contributed by atoms with Gasteiger partial charge in [-0.05, 0) is 30.3 Å². The normalized spacial score (nSPS) is 11.0. The minimum Gasteiger partial charge on any atom is -0.294 e. The van der Waals surface area contributed by atoms with Gasteiger partial charge in [-0.2, -0.15) is 5.26 Å². The third kappa shape index (κ3) is 1.93. The highest BCUT2D eigenvalue weighted by Crippen LogP contribution is 2.23. The highest BCUT2D eigenvalue weighted by molar-refractivity contribution is 6.31. The van der Waals surface area contributed by atoms with Crippen LogP contribution in [-0.4, -0.2) is 14.0 Å². The first-order valence-electron chi connectivity index (χ1n) is 6.87. The zero-order valence-electron chi connectivity index (χ0n) is 11.8. The Morgan fingerprint density at radius 1 is 1.13 bits per heavy atom. The summed E-state index contributed by atoms with van der Waals surface area (Å²) in [7, 11) is 0. The summed E-state index contributed by atoms with van der Waals surface area (Å²) in [6, 6.07) is 14.4. The number of imidazole rings is 1. The quantitative estimate of drug-likeness (QED) is 0.541. The molecule has 6 heteroatoms. The van der Waals surface area contributed by atoms with Gasteiger partial charge >= 0.3 is 0 Å². The molecular formula is C17H9ClN4O. The van der Waals surface area contributed by atoms with Crippen molar-refractivity contribution < 1.29 is 0 Å². The van der Waals surface area contributed by atoms with Gasteiger partial charge in [0.2, 0.25) is 5.65 Å². The average molecular weight is 321 g/mol. The molecule has 4 aromatic rings. The Hall–Kier alpha value is -3.10. The van der Waals surface area contributed by atoms with Crippen LogP contribution >= 0.6 is 11.6 Å². The summed E-state index contributed by atoms with van der Waals surface area (Å²) in [6.45, 7) is 0. The van der Waals surface area contributed by atoms with Gasteiger partial charge in [-0.1, -0.05) is 23.7 Å². The Balaban J connectivity index is 2.29. The fraction of sp³-hybridized carbons (Fsp3) is 0. The molecule has 2 aromatic heterocycles. The molecule has 23 heavy (non-hydrogen) atoms. The SMILES string of the molecule is N#Cc1ccccc1-n1c(=O)c2nccn2c2ccc(Cl)cc21. The molecule has 0 aliphatic carbocycles. The van der Waals surface area contributed by atoms with E-state index >= 15 is 0 Å². The number of hydrogen-bond donors (Lipinski definition) is 0. The zero-order chi connectivity index (χ0) is 16.0. The molecule has 0 saturated heterocycles. The summed E-state index contributed by atoms with van der Waals surface area (Å²) in [5.74, 6) is 0. The van der Waals surface area contributed by atoms with Crippen molar-refractivity contribution in [2.45, 2.75) is 0 Å². The Bertz CT molecular complexity index is 1170. The van der Waals surface area contributed by atoms with Crippen LogP contribution in [0.2, 0.25) is 5.02 Å². The number of para-hydroxylation sites is 1. The van der Waals surface area contributed by atoms with Crippen molar-refractivity contribution in [3.8, 4) is 11.8 Å². The minimum absolute atomic E-state index is 0.299. The second-order valence-corrected chi connectivity index (χ2v) is 5.46. The molecule has 0 unspecified atom stereocenters. The Kier molecular flexibility index (Phi) is 2.93. The van der Waals surface area contributed by atoms with E-state index in [-0.39, 0.29) is 5.56 Å². The van der Waals surface area contributed by atoms with E-state index < -0.39 is 0 Å². The van der Waals surface area contributed by atoms with Crippen LogP contribution in [0.3, 0.4) is 0 Å². The molecule has 0 atom stereocenters. The monoisotopic (exact) mass is 320 g/mol. The molecule has 0 aliphatic heterocycles. The Morgan fingerprint density at radius 3 is 2.78 bits per heavy atom. The third-order valence-electron chi connectivity index (χ3n) is 3.74. The molecule has 0 saturated carbocycles. The third-order valence-corrected chi connectivity index (χ3v) is 3.97. The summed E-state index contributed by atoms with van der Waals surface area (Å²) in [4.78, 5) is 17.1.